The maximum Gasteiger partial charge on any atom is 0.673 e. The van der Waals surface area contributed by atoms with Gasteiger partial charge in [0.05, 0.1) is 132 Å². The largest absolute Gasteiger partial charge is 0.673 e. The van der Waals surface area contributed by atoms with Crippen LogP contribution in [-0.4, -0.2) is 283 Å². The number of likely N-dealkylation sites (N-methyl/N-ethyl adjacent to an activating group) is 3. The van der Waals surface area contributed by atoms with Crippen molar-refractivity contribution >= 4 is 113 Å². The number of aromatic carboxylic acids is 1. The molecule has 31 nitrogen and oxygen atoms in total. The highest BCUT2D eigenvalue weighted by Crippen LogP contribution is 2.52. The lowest BCUT2D eigenvalue weighted by Gasteiger charge is -2.32. The number of piperazine rings is 2. The van der Waals surface area contributed by atoms with E-state index in [4.69, 9.17) is 24.1 Å². The molecule has 740 valence electrons. The van der Waals surface area contributed by atoms with Crippen molar-refractivity contribution in [2.24, 2.45) is 0 Å². The van der Waals surface area contributed by atoms with Gasteiger partial charge >= 0.3 is 19.2 Å². The summed E-state index contributed by atoms with van der Waals surface area (Å²) in [6.07, 6.45) is 27.3. The smallest absolute Gasteiger partial charge is 0.497 e. The monoisotopic (exact) mass is 1940 g/mol. The van der Waals surface area contributed by atoms with Crippen molar-refractivity contribution in [2.45, 2.75) is 215 Å². The summed E-state index contributed by atoms with van der Waals surface area (Å²) in [6.45, 7) is 15.1. The number of sulfonamides is 2. The van der Waals surface area contributed by atoms with Gasteiger partial charge < -0.3 is 65.7 Å². The lowest BCUT2D eigenvalue weighted by atomic mass is 9.81. The van der Waals surface area contributed by atoms with E-state index in [9.17, 15) is 58.4 Å². The molecule has 5 saturated heterocycles. The SMILES string of the molecule is CN(C)C(On1nnc2ccccc21)=[N+](C)C.CN1CCOCC1.CN1C[C@@H]2C[C@H]1CN2.COc1ccc2c(c1)C=C(c1c(C(=O)N3C[C@@H]4C[C@H]3CN4C)cnn1C1CCC1)Cn1c-2c(C2CCCCC2)c2ccc(C(=O)NS(=O)(=O)C(C)C)cc21.COc1ccc2c(c1)C=C(c1c(C(=O)O)cnn1C1CCC1)Cn1c-2c(C2CCCCC2)c2ccc(C(=O)NS(=O)(=O)C(C)C)cc21.F[B-](F)(F)F. The number of morpholine rings is 1. The molecule has 38 heteroatoms. The van der Waals surface area contributed by atoms with Crippen LogP contribution in [0.15, 0.2) is 109 Å². The molecule has 4 atom stereocenters. The number of aromatic nitrogens is 9. The molecule has 4 aliphatic carbocycles. The van der Waals surface area contributed by atoms with Gasteiger partial charge in [-0.15, -0.1) is 5.10 Å². The number of likely N-dealkylation sites (tertiary alicyclic amines) is 3. The van der Waals surface area contributed by atoms with Gasteiger partial charge in [0.1, 0.15) is 28.1 Å². The number of carbonyl (C=O) groups is 4. The van der Waals surface area contributed by atoms with E-state index in [2.05, 4.69) is 115 Å². The number of hydrogen-bond donors (Lipinski definition) is 4. The summed E-state index contributed by atoms with van der Waals surface area (Å²) in [4.78, 5) is 72.3. The number of rotatable bonds is 17. The Balaban J connectivity index is 0.000000146. The molecule has 10 aromatic rings. The molecule has 3 amide bonds. The van der Waals surface area contributed by atoms with Crippen molar-refractivity contribution in [1.82, 2.24) is 83.1 Å². The fourth-order valence-electron chi connectivity index (χ4n) is 21.0. The molecule has 7 aliphatic heterocycles. The van der Waals surface area contributed by atoms with Crippen molar-refractivity contribution in [3.63, 3.8) is 0 Å². The molecular weight excluding hydrogens is 1810 g/mol. The van der Waals surface area contributed by atoms with Gasteiger partial charge in [-0.3, -0.25) is 33.5 Å². The zero-order chi connectivity index (χ0) is 98.1. The Bertz CT molecular complexity index is 6520. The van der Waals surface area contributed by atoms with Crippen LogP contribution < -0.4 is 29.1 Å². The number of halogens is 4. The number of amides is 3. The van der Waals surface area contributed by atoms with Gasteiger partial charge in [-0.2, -0.15) is 10.2 Å². The van der Waals surface area contributed by atoms with Gasteiger partial charge in [0.25, 0.3) is 17.7 Å². The molecule has 21 rings (SSSR count). The summed E-state index contributed by atoms with van der Waals surface area (Å²) < 4.78 is 121. The lowest BCUT2D eigenvalue weighted by Crippen LogP contribution is -2.47. The minimum absolute atomic E-state index is 0.0398. The predicted molar refractivity (Wildman–Crippen MR) is 528 cm³/mol. The fraction of sp³-hybridized carbons (Fsp3) is 0.510. The summed E-state index contributed by atoms with van der Waals surface area (Å²) in [5.41, 5.74) is 16.5. The number of fused-ring (bicyclic) bond motifs is 15. The number of ether oxygens (including phenoxy) is 3. The maximum absolute atomic E-state index is 14.6. The van der Waals surface area contributed by atoms with Gasteiger partial charge in [-0.05, 0) is 261 Å². The third-order valence-electron chi connectivity index (χ3n) is 28.9. The first-order valence-electron chi connectivity index (χ1n) is 48.3. The Morgan fingerprint density at radius 3 is 1.45 bits per heavy atom. The second-order valence-electron chi connectivity index (χ2n) is 39.2. The number of methoxy groups -OCH3 is 2. The minimum atomic E-state index is -6.00. The molecule has 4 saturated carbocycles. The maximum atomic E-state index is 14.6. The van der Waals surface area contributed by atoms with E-state index in [1.165, 1.54) is 68.4 Å². The zero-order valence-electron chi connectivity index (χ0n) is 81.1. The average molecular weight is 1940 g/mol. The van der Waals surface area contributed by atoms with Crippen LogP contribution in [0, 0.1) is 0 Å². The highest BCUT2D eigenvalue weighted by Gasteiger charge is 2.46. The van der Waals surface area contributed by atoms with Crippen LogP contribution in [0.4, 0.5) is 17.3 Å². The van der Waals surface area contributed by atoms with E-state index in [1.54, 1.807) is 52.5 Å². The van der Waals surface area contributed by atoms with Gasteiger partial charge in [0, 0.05) is 107 Å². The van der Waals surface area contributed by atoms with Crippen molar-refractivity contribution in [3.05, 3.63) is 165 Å². The van der Waals surface area contributed by atoms with Crippen LogP contribution in [0.25, 0.3) is 78.7 Å². The lowest BCUT2D eigenvalue weighted by molar-refractivity contribution is -0.480. The van der Waals surface area contributed by atoms with Crippen molar-refractivity contribution in [3.8, 4) is 34.0 Å². The van der Waals surface area contributed by atoms with E-state index in [-0.39, 0.29) is 40.7 Å². The molecular formula is C100H129BF4N18O13S2. The van der Waals surface area contributed by atoms with Crippen LogP contribution in [0.5, 0.6) is 11.5 Å². The molecule has 0 radical (unpaired) electrons. The molecule has 11 aliphatic rings. The second-order valence-corrected chi connectivity index (χ2v) is 43.7. The average Bonchev–Trinajstić information content (AvgIpc) is 1.57. The summed E-state index contributed by atoms with van der Waals surface area (Å²) in [7, 11) is 3.77. The highest BCUT2D eigenvalue weighted by molar-refractivity contribution is 7.90. The number of para-hydroxylation sites is 1. The van der Waals surface area contributed by atoms with E-state index < -0.39 is 55.6 Å². The van der Waals surface area contributed by atoms with Gasteiger partial charge in [-0.25, -0.2) is 40.5 Å². The number of nitrogens with one attached hydrogen (secondary N) is 3. The molecule has 9 fully saturated rings. The van der Waals surface area contributed by atoms with Crippen LogP contribution in [0.1, 0.15) is 242 Å². The first kappa shape index (κ1) is 99.7. The molecule has 4 bridgehead atoms. The fourth-order valence-corrected chi connectivity index (χ4v) is 22.2. The standard InChI is InChI=1S/C42H50N6O5S.C36H40N4O6S.C11H16N5O.C6H12N2.C5H11NO.BF4/c1-25(2)54(51,52)44-41(49)27-13-15-35-37(19-27)47-22-29(17-28-18-33(53-4)14-16-34(28)40(47)38(35)26-9-6-5-7-10-26)39-36(21-43-48(39)30-11-8-12-30)42(50)46-24-31-20-32(46)23-45(31)3;1-21(2)47(44,45)38-35(41)23-12-14-29-31(18-23)39-20-25(33-30(36(42)43)19-37-40(33)26-10-7-11-26)16-24-17-27(46-3)13-15-28(24)34(39)32(29)22-8-5-4-6-9-22;1-14(2)11(15(3)4)17-16-10-8-6-5-7-9(10)12-13-16;1-8-4-5-2-6(8)3-7-5;1-6-2-4-7-5-3-6;2-1(3,4)5/h13-19,21,25-26,30-32H,5-12,20,22-24H2,1-4H3,(H,44,49);12-19,21-22,26H,4-11,20H2,1-3H3,(H,38,41)(H,42,43);5-8H,1-4H3;5-7H,2-4H2,1H3;2-5H2,1H3;/q;;+1;;;-1/t31-,32-;;;5-,6-;;/m0..0../s1. The van der Waals surface area contributed by atoms with E-state index in [1.807, 2.05) is 103 Å². The van der Waals surface area contributed by atoms with Crippen LogP contribution >= 0.6 is 0 Å². The quantitative estimate of drug-likeness (QED) is 0.0216. The summed E-state index contributed by atoms with van der Waals surface area (Å²) in [5, 5.41) is 31.9. The van der Waals surface area contributed by atoms with Gasteiger partial charge in [0.15, 0.2) is 0 Å². The third-order valence-corrected chi connectivity index (χ3v) is 32.3. The molecule has 12 heterocycles. The number of carboxylic acids is 1. The molecule has 5 aromatic heterocycles. The normalized spacial score (nSPS) is 20.0. The van der Waals surface area contributed by atoms with Crippen molar-refractivity contribution < 1.29 is 82.0 Å². The van der Waals surface area contributed by atoms with Crippen LogP contribution in [0.3, 0.4) is 0 Å². The third kappa shape index (κ3) is 21.5. The Morgan fingerprint density at radius 1 is 0.572 bits per heavy atom. The van der Waals surface area contributed by atoms with Crippen LogP contribution in [-0.2, 0) is 37.9 Å². The summed E-state index contributed by atoms with van der Waals surface area (Å²) in [5.74, 6) is -0.242. The number of carboxylic acid groups (broad SMARTS) is 1. The summed E-state index contributed by atoms with van der Waals surface area (Å²) in [6, 6.07) is 34.3. The predicted octanol–water partition coefficient (Wildman–Crippen LogP) is 14.8. The Labute approximate surface area is 804 Å². The first-order valence-corrected chi connectivity index (χ1v) is 51.4. The van der Waals surface area contributed by atoms with E-state index >= 15 is 0 Å². The van der Waals surface area contributed by atoms with Crippen LogP contribution in [0.2, 0.25) is 0 Å². The molecule has 0 unspecified atom stereocenters. The van der Waals surface area contributed by atoms with Gasteiger partial charge in [0.2, 0.25) is 20.0 Å². The van der Waals surface area contributed by atoms with E-state index in [0.29, 0.717) is 54.0 Å². The number of nitrogens with zero attached hydrogens (tertiary/aromatic N) is 15. The molecule has 5 aromatic carbocycles. The highest BCUT2D eigenvalue weighted by atomic mass is 32.2. The number of allylic oxidation sites excluding steroid dienone is 2. The van der Waals surface area contributed by atoms with Gasteiger partial charge in [-0.1, -0.05) is 67.6 Å². The number of amidine groups is 1. The minimum Gasteiger partial charge on any atom is -0.497 e. The molecule has 138 heavy (non-hydrogen) atoms. The Hall–Kier alpha value is -11.3. The van der Waals surface area contributed by atoms with Crippen molar-refractivity contribution in [2.75, 3.05) is 116 Å². The number of carbonyl (C=O) groups excluding carboxylic acids is 3. The number of benzene rings is 5. The summed E-state index contributed by atoms with van der Waals surface area (Å²) >= 11 is 0. The Morgan fingerprint density at radius 2 is 1.06 bits per heavy atom. The zero-order valence-corrected chi connectivity index (χ0v) is 82.7. The molecule has 4 N–H and O–H groups in total. The Kier molecular flexibility index (Phi) is 30.4. The first-order chi connectivity index (χ1) is 65.9. The van der Waals surface area contributed by atoms with Crippen molar-refractivity contribution in [1.29, 1.82) is 0 Å². The number of hydrogen-bond acceptors (Lipinski definition) is 20. The van der Waals surface area contributed by atoms with E-state index in [0.717, 1.165) is 237 Å². The molecule has 0 spiro atoms. The topological polar surface area (TPSA) is 325 Å². The second kappa shape index (κ2) is 42.0.